The van der Waals surface area contributed by atoms with E-state index in [1.54, 1.807) is 12.1 Å². The van der Waals surface area contributed by atoms with E-state index >= 15 is 0 Å². The number of aromatic amines is 1. The van der Waals surface area contributed by atoms with Crippen LogP contribution in [0.5, 0.6) is 0 Å². The lowest BCUT2D eigenvalue weighted by Crippen LogP contribution is -2.10. The van der Waals surface area contributed by atoms with Crippen LogP contribution in [0.4, 0.5) is 0 Å². The number of hydrogen-bond acceptors (Lipinski definition) is 2. The van der Waals surface area contributed by atoms with Crippen molar-refractivity contribution in [3.63, 3.8) is 0 Å². The monoisotopic (exact) mass is 384 g/mol. The first-order valence-electron chi connectivity index (χ1n) is 7.13. The van der Waals surface area contributed by atoms with Gasteiger partial charge in [-0.15, -0.1) is 12.4 Å². The van der Waals surface area contributed by atoms with Gasteiger partial charge >= 0.3 is 5.97 Å². The number of H-pyrrole nitrogens is 1. The number of carbonyl (C=O) groups is 1. The smallest absolute Gasteiger partial charge is 0.303 e. The maximum atomic E-state index is 11.2. The molecular weight excluding hydrogens is 371 g/mol. The quantitative estimate of drug-likeness (QED) is 0.642. The summed E-state index contributed by atoms with van der Waals surface area (Å²) in [6.45, 7) is 0. The molecule has 0 spiro atoms. The number of carboxylic acid groups (broad SMARTS) is 1. The Morgan fingerprint density at radius 3 is 2.50 bits per heavy atom. The van der Waals surface area contributed by atoms with Gasteiger partial charge in [0.05, 0.1) is 27.5 Å². The van der Waals surface area contributed by atoms with Crippen molar-refractivity contribution < 1.29 is 9.90 Å². The number of rotatable bonds is 5. The zero-order valence-corrected chi connectivity index (χ0v) is 14.8. The Balaban J connectivity index is 0.00000208. The minimum atomic E-state index is -0.832. The molecule has 1 aromatic heterocycles. The lowest BCUT2D eigenvalue weighted by atomic mass is 9.92. The molecule has 1 unspecified atom stereocenters. The van der Waals surface area contributed by atoms with E-state index in [0.717, 1.165) is 16.6 Å². The Kier molecular flexibility index (Phi) is 6.10. The third kappa shape index (κ3) is 4.20. The van der Waals surface area contributed by atoms with Gasteiger partial charge in [0, 0.05) is 12.3 Å². The van der Waals surface area contributed by atoms with Crippen LogP contribution in [-0.2, 0) is 11.2 Å². The van der Waals surface area contributed by atoms with Crippen molar-refractivity contribution in [2.24, 2.45) is 0 Å². The molecule has 4 nitrogen and oxygen atoms in total. The van der Waals surface area contributed by atoms with E-state index in [2.05, 4.69) is 9.97 Å². The van der Waals surface area contributed by atoms with Crippen LogP contribution in [0.15, 0.2) is 42.5 Å². The number of imidazole rings is 1. The molecule has 7 heteroatoms. The highest BCUT2D eigenvalue weighted by atomic mass is 35.5. The van der Waals surface area contributed by atoms with Crippen LogP contribution in [0.3, 0.4) is 0 Å². The molecule has 0 saturated heterocycles. The largest absolute Gasteiger partial charge is 0.481 e. The highest BCUT2D eigenvalue weighted by molar-refractivity contribution is 6.42. The molecule has 2 N–H and O–H groups in total. The van der Waals surface area contributed by atoms with Gasteiger partial charge < -0.3 is 10.1 Å². The molecule has 2 aromatic carbocycles. The molecule has 0 aliphatic heterocycles. The van der Waals surface area contributed by atoms with Gasteiger partial charge in [-0.05, 0) is 17.7 Å². The van der Waals surface area contributed by atoms with Crippen LogP contribution >= 0.6 is 35.6 Å². The average molecular weight is 386 g/mol. The molecule has 0 radical (unpaired) electrons. The van der Waals surface area contributed by atoms with Crippen molar-refractivity contribution in [3.05, 3.63) is 63.9 Å². The second-order valence-electron chi connectivity index (χ2n) is 5.38. The summed E-state index contributed by atoms with van der Waals surface area (Å²) in [6, 6.07) is 13.0. The van der Waals surface area contributed by atoms with Crippen LogP contribution in [0.2, 0.25) is 10.0 Å². The van der Waals surface area contributed by atoms with Crippen molar-refractivity contribution >= 4 is 52.6 Å². The number of fused-ring (bicyclic) bond motifs is 1. The van der Waals surface area contributed by atoms with Gasteiger partial charge in [0.2, 0.25) is 0 Å². The molecule has 0 amide bonds. The van der Waals surface area contributed by atoms with E-state index in [4.69, 9.17) is 23.2 Å². The summed E-state index contributed by atoms with van der Waals surface area (Å²) < 4.78 is 0. The first kappa shape index (κ1) is 18.6. The number of nitrogens with zero attached hydrogens (tertiary/aromatic N) is 1. The molecule has 126 valence electrons. The van der Waals surface area contributed by atoms with Gasteiger partial charge in [-0.2, -0.15) is 0 Å². The summed E-state index contributed by atoms with van der Waals surface area (Å²) in [4.78, 5) is 18.9. The Hall–Kier alpha value is -1.75. The first-order valence-corrected chi connectivity index (χ1v) is 7.89. The van der Waals surface area contributed by atoms with Gasteiger partial charge in [0.1, 0.15) is 5.82 Å². The van der Waals surface area contributed by atoms with Gasteiger partial charge in [-0.1, -0.05) is 53.5 Å². The number of aromatic nitrogens is 2. The lowest BCUT2D eigenvalue weighted by molar-refractivity contribution is -0.137. The van der Waals surface area contributed by atoms with Crippen molar-refractivity contribution in [1.29, 1.82) is 0 Å². The maximum absolute atomic E-state index is 11.2. The highest BCUT2D eigenvalue weighted by Gasteiger charge is 2.18. The van der Waals surface area contributed by atoms with E-state index in [9.17, 15) is 9.90 Å². The fourth-order valence-electron chi connectivity index (χ4n) is 2.63. The molecule has 0 saturated carbocycles. The standard InChI is InChI=1S/C17H14Cl2N2O2.ClH/c18-12-8-14-15(9-13(12)19)21-16(20-14)6-11(7-17(22)23)10-4-2-1-3-5-10;/h1-5,8-9,11H,6-7H2,(H,20,21)(H,22,23);1H. The van der Waals surface area contributed by atoms with Crippen molar-refractivity contribution in [3.8, 4) is 0 Å². The van der Waals surface area contributed by atoms with Gasteiger partial charge in [0.15, 0.2) is 0 Å². The number of hydrogen-bond donors (Lipinski definition) is 2. The normalized spacial score (nSPS) is 11.9. The second-order valence-corrected chi connectivity index (χ2v) is 6.19. The second kappa shape index (κ2) is 7.88. The SMILES string of the molecule is Cl.O=C(O)CC(Cc1nc2cc(Cl)c(Cl)cc2[nH]1)c1ccccc1. The van der Waals surface area contributed by atoms with Gasteiger partial charge in [-0.3, -0.25) is 4.79 Å². The average Bonchev–Trinajstić information content (AvgIpc) is 2.89. The topological polar surface area (TPSA) is 66.0 Å². The molecule has 1 atom stereocenters. The number of benzene rings is 2. The molecule has 0 aliphatic rings. The van der Waals surface area contributed by atoms with Crippen LogP contribution in [0.25, 0.3) is 11.0 Å². The van der Waals surface area contributed by atoms with Crippen LogP contribution in [0.1, 0.15) is 23.7 Å². The third-order valence-electron chi connectivity index (χ3n) is 3.70. The van der Waals surface area contributed by atoms with Crippen molar-refractivity contribution in [2.75, 3.05) is 0 Å². The summed E-state index contributed by atoms with van der Waals surface area (Å²) in [7, 11) is 0. The fraction of sp³-hybridized carbons (Fsp3) is 0.176. The van der Waals surface area contributed by atoms with Crippen molar-refractivity contribution in [1.82, 2.24) is 9.97 Å². The number of aliphatic carboxylic acids is 1. The number of carboxylic acids is 1. The number of nitrogens with one attached hydrogen (secondary N) is 1. The fourth-order valence-corrected chi connectivity index (χ4v) is 2.95. The van der Waals surface area contributed by atoms with Crippen molar-refractivity contribution in [2.45, 2.75) is 18.8 Å². The van der Waals surface area contributed by atoms with E-state index in [1.165, 1.54) is 0 Å². The van der Waals surface area contributed by atoms with Crippen LogP contribution in [-0.4, -0.2) is 21.0 Å². The van der Waals surface area contributed by atoms with E-state index in [-0.39, 0.29) is 24.7 Å². The Labute approximate surface area is 155 Å². The minimum absolute atomic E-state index is 0. The Morgan fingerprint density at radius 1 is 1.17 bits per heavy atom. The molecule has 1 heterocycles. The summed E-state index contributed by atoms with van der Waals surface area (Å²) in [5.74, 6) is -0.269. The molecule has 3 aromatic rings. The van der Waals surface area contributed by atoms with Gasteiger partial charge in [-0.25, -0.2) is 4.98 Å². The molecule has 3 rings (SSSR count). The summed E-state index contributed by atoms with van der Waals surface area (Å²) in [6.07, 6.45) is 0.544. The van der Waals surface area contributed by atoms with Gasteiger partial charge in [0.25, 0.3) is 0 Å². The van der Waals surface area contributed by atoms with E-state index in [0.29, 0.717) is 22.3 Å². The third-order valence-corrected chi connectivity index (χ3v) is 4.43. The zero-order chi connectivity index (χ0) is 16.4. The summed E-state index contributed by atoms with van der Waals surface area (Å²) >= 11 is 12.0. The maximum Gasteiger partial charge on any atom is 0.303 e. The zero-order valence-electron chi connectivity index (χ0n) is 12.5. The molecular formula is C17H15Cl3N2O2. The lowest BCUT2D eigenvalue weighted by Gasteiger charge is -2.13. The number of halogens is 3. The molecule has 24 heavy (non-hydrogen) atoms. The predicted octanol–water partition coefficient (Wildman–Crippen LogP) is 5.09. The van der Waals surface area contributed by atoms with Crippen LogP contribution in [0, 0.1) is 0 Å². The molecule has 0 bridgehead atoms. The molecule has 0 fully saturated rings. The summed E-state index contributed by atoms with van der Waals surface area (Å²) in [5, 5.41) is 10.1. The Bertz CT molecular complexity index is 811. The summed E-state index contributed by atoms with van der Waals surface area (Å²) in [5.41, 5.74) is 2.49. The van der Waals surface area contributed by atoms with E-state index in [1.807, 2.05) is 30.3 Å². The van der Waals surface area contributed by atoms with E-state index < -0.39 is 5.97 Å². The Morgan fingerprint density at radius 2 is 1.83 bits per heavy atom. The molecule has 0 aliphatic carbocycles. The highest BCUT2D eigenvalue weighted by Crippen LogP contribution is 2.28. The first-order chi connectivity index (χ1) is 11.0. The van der Waals surface area contributed by atoms with Crippen LogP contribution < -0.4 is 0 Å². The minimum Gasteiger partial charge on any atom is -0.481 e. The predicted molar refractivity (Wildman–Crippen MR) is 98.5 cm³/mol.